The predicted octanol–water partition coefficient (Wildman–Crippen LogP) is 2.74. The Hall–Kier alpha value is -2.24. The van der Waals surface area contributed by atoms with Crippen LogP contribution in [0.2, 0.25) is 0 Å². The van der Waals surface area contributed by atoms with E-state index in [9.17, 15) is 14.7 Å². The molecule has 0 radical (unpaired) electrons. The zero-order valence-corrected chi connectivity index (χ0v) is 15.3. The molecule has 25 heavy (non-hydrogen) atoms. The first kappa shape index (κ1) is 19.1. The number of aliphatic carboxylic acids is 1. The summed E-state index contributed by atoms with van der Waals surface area (Å²) in [7, 11) is 0. The van der Waals surface area contributed by atoms with E-state index in [4.69, 9.17) is 9.47 Å². The van der Waals surface area contributed by atoms with Gasteiger partial charge in [0.25, 0.3) is 0 Å². The van der Waals surface area contributed by atoms with E-state index in [1.54, 1.807) is 6.07 Å². The maximum atomic E-state index is 12.8. The molecule has 0 spiro atoms. The van der Waals surface area contributed by atoms with Gasteiger partial charge in [-0.15, -0.1) is 0 Å². The van der Waals surface area contributed by atoms with Crippen molar-refractivity contribution in [3.63, 3.8) is 0 Å². The van der Waals surface area contributed by atoms with Crippen LogP contribution in [0.1, 0.15) is 46.1 Å². The van der Waals surface area contributed by atoms with Crippen LogP contribution in [0.25, 0.3) is 0 Å². The Morgan fingerprint density at radius 1 is 1.12 bits per heavy atom. The highest BCUT2D eigenvalue weighted by molar-refractivity contribution is 5.88. The van der Waals surface area contributed by atoms with E-state index in [-0.39, 0.29) is 12.5 Å². The molecule has 1 heterocycles. The lowest BCUT2D eigenvalue weighted by Crippen LogP contribution is -2.47. The van der Waals surface area contributed by atoms with Gasteiger partial charge in [0.05, 0.1) is 10.8 Å². The minimum atomic E-state index is -0.932. The fourth-order valence-corrected chi connectivity index (χ4v) is 2.91. The number of rotatable bonds is 7. The van der Waals surface area contributed by atoms with Crippen molar-refractivity contribution in [1.82, 2.24) is 5.32 Å². The third kappa shape index (κ3) is 3.72. The monoisotopic (exact) mass is 349 g/mol. The van der Waals surface area contributed by atoms with Gasteiger partial charge in [0.15, 0.2) is 11.5 Å². The summed E-state index contributed by atoms with van der Waals surface area (Å²) in [5, 5.41) is 12.3. The number of benzene rings is 1. The van der Waals surface area contributed by atoms with E-state index in [0.717, 1.165) is 5.56 Å². The first-order chi connectivity index (χ1) is 11.8. The number of nitrogens with one attached hydrogen (secondary N) is 1. The number of ether oxygens (including phenoxy) is 2. The first-order valence-electron chi connectivity index (χ1n) is 8.68. The molecule has 0 fully saturated rings. The average molecular weight is 349 g/mol. The zero-order valence-electron chi connectivity index (χ0n) is 15.3. The van der Waals surface area contributed by atoms with E-state index < -0.39 is 16.8 Å². The summed E-state index contributed by atoms with van der Waals surface area (Å²) < 4.78 is 11.1. The van der Waals surface area contributed by atoms with Crippen LogP contribution in [-0.2, 0) is 15.0 Å². The number of hydrogen-bond acceptors (Lipinski definition) is 4. The molecule has 138 valence electrons. The standard InChI is InChI=1S/C19H27NO5/c1-5-19(6-2,17(22)23)12-20-16(21)18(3,4)13-7-8-14-15(11-13)25-10-9-24-14/h7-8,11H,5-6,9-10,12H2,1-4H3,(H,20,21)(H,22,23). The number of hydrogen-bond donors (Lipinski definition) is 2. The van der Waals surface area contributed by atoms with Crippen LogP contribution < -0.4 is 14.8 Å². The minimum Gasteiger partial charge on any atom is -0.486 e. The summed E-state index contributed by atoms with van der Waals surface area (Å²) in [6.07, 6.45) is 0.924. The van der Waals surface area contributed by atoms with E-state index in [2.05, 4.69) is 5.32 Å². The van der Waals surface area contributed by atoms with Crippen LogP contribution in [-0.4, -0.2) is 36.7 Å². The summed E-state index contributed by atoms with van der Waals surface area (Å²) in [5.74, 6) is 0.214. The summed E-state index contributed by atoms with van der Waals surface area (Å²) >= 11 is 0. The Balaban J connectivity index is 2.16. The van der Waals surface area contributed by atoms with Crippen LogP contribution in [0.15, 0.2) is 18.2 Å². The molecule has 1 aromatic carbocycles. The summed E-state index contributed by atoms with van der Waals surface area (Å²) in [6.45, 7) is 8.40. The lowest BCUT2D eigenvalue weighted by atomic mass is 9.80. The average Bonchev–Trinajstić information content (AvgIpc) is 2.62. The van der Waals surface area contributed by atoms with Gasteiger partial charge in [0.2, 0.25) is 5.91 Å². The molecule has 0 aliphatic carbocycles. The lowest BCUT2D eigenvalue weighted by molar-refractivity contribution is -0.149. The Morgan fingerprint density at radius 2 is 1.72 bits per heavy atom. The van der Waals surface area contributed by atoms with Crippen LogP contribution in [0.5, 0.6) is 11.5 Å². The fraction of sp³-hybridized carbons (Fsp3) is 0.579. The molecule has 0 bridgehead atoms. The largest absolute Gasteiger partial charge is 0.486 e. The second kappa shape index (κ2) is 7.33. The molecule has 6 nitrogen and oxygen atoms in total. The smallest absolute Gasteiger partial charge is 0.311 e. The van der Waals surface area contributed by atoms with Gasteiger partial charge in [-0.05, 0) is 44.4 Å². The second-order valence-corrected chi connectivity index (χ2v) is 6.96. The predicted molar refractivity (Wildman–Crippen MR) is 94.1 cm³/mol. The van der Waals surface area contributed by atoms with E-state index in [0.29, 0.717) is 37.6 Å². The third-order valence-electron chi connectivity index (χ3n) is 5.23. The van der Waals surface area contributed by atoms with E-state index >= 15 is 0 Å². The van der Waals surface area contributed by atoms with Gasteiger partial charge in [-0.25, -0.2) is 0 Å². The molecule has 0 saturated carbocycles. The van der Waals surface area contributed by atoms with Crippen molar-refractivity contribution in [2.24, 2.45) is 5.41 Å². The van der Waals surface area contributed by atoms with E-state index in [1.807, 2.05) is 39.8 Å². The molecule has 1 amide bonds. The molecule has 1 aliphatic heterocycles. The molecule has 0 atom stereocenters. The molecule has 2 N–H and O–H groups in total. The molecule has 2 rings (SSSR count). The van der Waals surface area contributed by atoms with Crippen molar-refractivity contribution >= 4 is 11.9 Å². The Kier molecular flexibility index (Phi) is 5.60. The maximum Gasteiger partial charge on any atom is 0.311 e. The van der Waals surface area contributed by atoms with Crippen LogP contribution in [0.4, 0.5) is 0 Å². The maximum absolute atomic E-state index is 12.8. The zero-order chi connectivity index (χ0) is 18.7. The molecule has 1 aliphatic rings. The van der Waals surface area contributed by atoms with Gasteiger partial charge < -0.3 is 19.9 Å². The summed E-state index contributed by atoms with van der Waals surface area (Å²) in [6, 6.07) is 5.47. The topological polar surface area (TPSA) is 84.9 Å². The van der Waals surface area contributed by atoms with Crippen molar-refractivity contribution in [3.05, 3.63) is 23.8 Å². The first-order valence-corrected chi connectivity index (χ1v) is 8.68. The van der Waals surface area contributed by atoms with Crippen molar-refractivity contribution in [2.75, 3.05) is 19.8 Å². The molecular weight excluding hydrogens is 322 g/mol. The molecular formula is C19H27NO5. The third-order valence-corrected chi connectivity index (χ3v) is 5.23. The van der Waals surface area contributed by atoms with Crippen LogP contribution in [0, 0.1) is 5.41 Å². The normalized spacial score (nSPS) is 14.1. The van der Waals surface area contributed by atoms with Gasteiger partial charge in [-0.2, -0.15) is 0 Å². The van der Waals surface area contributed by atoms with Crippen molar-refractivity contribution in [2.45, 2.75) is 46.0 Å². The molecule has 6 heteroatoms. The van der Waals surface area contributed by atoms with Crippen molar-refractivity contribution in [3.8, 4) is 11.5 Å². The summed E-state index contributed by atoms with van der Waals surface area (Å²) in [4.78, 5) is 24.4. The van der Waals surface area contributed by atoms with Gasteiger partial charge in [-0.3, -0.25) is 9.59 Å². The SMILES string of the molecule is CCC(CC)(CNC(=O)C(C)(C)c1ccc2c(c1)OCCO2)C(=O)O. The number of amides is 1. The van der Waals surface area contributed by atoms with E-state index in [1.165, 1.54) is 0 Å². The minimum absolute atomic E-state index is 0.113. The van der Waals surface area contributed by atoms with Crippen LogP contribution in [0.3, 0.4) is 0 Å². The van der Waals surface area contributed by atoms with Gasteiger partial charge in [0, 0.05) is 6.54 Å². The van der Waals surface area contributed by atoms with Gasteiger partial charge in [-0.1, -0.05) is 19.9 Å². The highest BCUT2D eigenvalue weighted by Gasteiger charge is 2.38. The number of carboxylic acids is 1. The Morgan fingerprint density at radius 3 is 2.28 bits per heavy atom. The fourth-order valence-electron chi connectivity index (χ4n) is 2.91. The Bertz CT molecular complexity index is 649. The second-order valence-electron chi connectivity index (χ2n) is 6.96. The highest BCUT2D eigenvalue weighted by Crippen LogP contribution is 2.35. The van der Waals surface area contributed by atoms with Crippen molar-refractivity contribution < 1.29 is 24.2 Å². The molecule has 1 aromatic rings. The summed E-state index contributed by atoms with van der Waals surface area (Å²) in [5.41, 5.74) is -0.955. The quantitative estimate of drug-likeness (QED) is 0.791. The van der Waals surface area contributed by atoms with Crippen molar-refractivity contribution in [1.29, 1.82) is 0 Å². The van der Waals surface area contributed by atoms with Gasteiger partial charge in [0.1, 0.15) is 13.2 Å². The Labute approximate surface area is 148 Å². The molecule has 0 aromatic heterocycles. The molecule has 0 saturated heterocycles. The van der Waals surface area contributed by atoms with Gasteiger partial charge >= 0.3 is 5.97 Å². The number of carbonyl (C=O) groups excluding carboxylic acids is 1. The number of fused-ring (bicyclic) bond motifs is 1. The molecule has 0 unspecified atom stereocenters. The number of carboxylic acid groups (broad SMARTS) is 1. The van der Waals surface area contributed by atoms with Crippen LogP contribution >= 0.6 is 0 Å². The lowest BCUT2D eigenvalue weighted by Gasteiger charge is -2.31. The highest BCUT2D eigenvalue weighted by atomic mass is 16.6. The number of carbonyl (C=O) groups is 2.